The Hall–Kier alpha value is -0.810. The molecule has 0 aromatic carbocycles. The summed E-state index contributed by atoms with van der Waals surface area (Å²) in [6, 6.07) is 0.372. The van der Waals surface area contributed by atoms with Crippen molar-refractivity contribution < 1.29 is 14.6 Å². The smallest absolute Gasteiger partial charge is 0.410 e. The first kappa shape index (κ1) is 17.2. The summed E-state index contributed by atoms with van der Waals surface area (Å²) in [6.45, 7) is 12.7. The lowest BCUT2D eigenvalue weighted by Crippen LogP contribution is -2.44. The number of nitrogens with zero attached hydrogens (tertiary/aromatic N) is 1. The van der Waals surface area contributed by atoms with E-state index < -0.39 is 11.7 Å². The molecule has 5 heteroatoms. The van der Waals surface area contributed by atoms with Gasteiger partial charge in [0, 0.05) is 25.7 Å². The first-order valence-corrected chi connectivity index (χ1v) is 6.51. The quantitative estimate of drug-likeness (QED) is 0.761. The van der Waals surface area contributed by atoms with Crippen LogP contribution in [0.25, 0.3) is 0 Å². The van der Waals surface area contributed by atoms with Gasteiger partial charge in [0.15, 0.2) is 0 Å². The van der Waals surface area contributed by atoms with Gasteiger partial charge < -0.3 is 20.1 Å². The summed E-state index contributed by atoms with van der Waals surface area (Å²) in [5.41, 5.74) is -0.514. The maximum atomic E-state index is 11.9. The minimum absolute atomic E-state index is 0.286. The van der Waals surface area contributed by atoms with Gasteiger partial charge in [-0.05, 0) is 27.7 Å². The molecule has 1 atom stereocenters. The van der Waals surface area contributed by atoms with Crippen molar-refractivity contribution in [3.63, 3.8) is 0 Å². The molecule has 0 fully saturated rings. The zero-order chi connectivity index (χ0) is 14.3. The molecule has 0 bridgehead atoms. The van der Waals surface area contributed by atoms with Crippen LogP contribution in [-0.4, -0.2) is 53.5 Å². The van der Waals surface area contributed by atoms with Crippen LogP contribution in [0.3, 0.4) is 0 Å². The molecule has 0 heterocycles. The molecule has 0 saturated carbocycles. The van der Waals surface area contributed by atoms with Crippen molar-refractivity contribution in [2.24, 2.45) is 0 Å². The van der Waals surface area contributed by atoms with Crippen molar-refractivity contribution in [3.05, 3.63) is 0 Å². The van der Waals surface area contributed by atoms with Gasteiger partial charge in [-0.1, -0.05) is 13.8 Å². The van der Waals surface area contributed by atoms with Gasteiger partial charge >= 0.3 is 6.09 Å². The van der Waals surface area contributed by atoms with Crippen LogP contribution in [0.15, 0.2) is 0 Å². The van der Waals surface area contributed by atoms with Crippen LogP contribution in [-0.2, 0) is 4.74 Å². The number of amides is 1. The van der Waals surface area contributed by atoms with Crippen molar-refractivity contribution in [1.82, 2.24) is 10.2 Å². The normalized spacial score (nSPS) is 13.6. The fourth-order valence-corrected chi connectivity index (χ4v) is 1.39. The summed E-state index contributed by atoms with van der Waals surface area (Å²) in [5, 5.41) is 12.6. The highest BCUT2D eigenvalue weighted by Gasteiger charge is 2.22. The van der Waals surface area contributed by atoms with Crippen LogP contribution in [0.2, 0.25) is 0 Å². The van der Waals surface area contributed by atoms with E-state index in [-0.39, 0.29) is 12.6 Å². The van der Waals surface area contributed by atoms with Gasteiger partial charge in [0.05, 0.1) is 6.10 Å². The van der Waals surface area contributed by atoms with Crippen LogP contribution < -0.4 is 5.32 Å². The Bertz CT molecular complexity index is 247. The molecule has 1 amide bonds. The average molecular weight is 260 g/mol. The number of hydrogen-bond acceptors (Lipinski definition) is 4. The number of ether oxygens (including phenoxy) is 1. The minimum Gasteiger partial charge on any atom is -0.444 e. The van der Waals surface area contributed by atoms with Gasteiger partial charge in [0.25, 0.3) is 0 Å². The van der Waals surface area contributed by atoms with Gasteiger partial charge in [-0.2, -0.15) is 0 Å². The topological polar surface area (TPSA) is 61.8 Å². The van der Waals surface area contributed by atoms with E-state index in [1.165, 1.54) is 4.90 Å². The van der Waals surface area contributed by atoms with E-state index in [9.17, 15) is 9.90 Å². The third-order valence-corrected chi connectivity index (χ3v) is 2.07. The monoisotopic (exact) mass is 260 g/mol. The SMILES string of the molecule is CC(O)CN(CCNC(C)C)C(=O)OC(C)(C)C. The number of aliphatic hydroxyl groups is 1. The fraction of sp³-hybridized carbons (Fsp3) is 0.923. The molecule has 0 radical (unpaired) electrons. The Morgan fingerprint density at radius 2 is 1.89 bits per heavy atom. The molecule has 0 rings (SSSR count). The molecule has 0 aliphatic heterocycles. The zero-order valence-corrected chi connectivity index (χ0v) is 12.5. The van der Waals surface area contributed by atoms with Gasteiger partial charge in [-0.15, -0.1) is 0 Å². The third-order valence-electron chi connectivity index (χ3n) is 2.07. The summed E-state index contributed by atoms with van der Waals surface area (Å²) in [7, 11) is 0. The second kappa shape index (κ2) is 7.59. The highest BCUT2D eigenvalue weighted by atomic mass is 16.6. The van der Waals surface area contributed by atoms with Crippen LogP contribution in [0, 0.1) is 0 Å². The van der Waals surface area contributed by atoms with Crippen LogP contribution in [0.5, 0.6) is 0 Å². The van der Waals surface area contributed by atoms with Gasteiger partial charge in [0.1, 0.15) is 5.60 Å². The van der Waals surface area contributed by atoms with Crippen LogP contribution >= 0.6 is 0 Å². The van der Waals surface area contributed by atoms with Crippen LogP contribution in [0.1, 0.15) is 41.5 Å². The molecule has 0 aromatic rings. The number of aliphatic hydroxyl groups excluding tert-OH is 1. The molecule has 0 saturated heterocycles. The van der Waals surface area contributed by atoms with Crippen molar-refractivity contribution >= 4 is 6.09 Å². The minimum atomic E-state index is -0.559. The molecule has 0 spiro atoms. The highest BCUT2D eigenvalue weighted by Crippen LogP contribution is 2.10. The Kier molecular flexibility index (Phi) is 7.25. The summed E-state index contributed by atoms with van der Waals surface area (Å²) in [6.07, 6.45) is -0.939. The van der Waals surface area contributed by atoms with E-state index in [4.69, 9.17) is 4.74 Å². The van der Waals surface area contributed by atoms with E-state index in [0.29, 0.717) is 19.1 Å². The average Bonchev–Trinajstić information content (AvgIpc) is 2.12. The lowest BCUT2D eigenvalue weighted by molar-refractivity contribution is 0.0163. The second-order valence-corrected chi connectivity index (χ2v) is 5.88. The largest absolute Gasteiger partial charge is 0.444 e. The Balaban J connectivity index is 4.33. The number of hydrogen-bond donors (Lipinski definition) is 2. The van der Waals surface area contributed by atoms with Gasteiger partial charge in [-0.25, -0.2) is 4.79 Å². The summed E-state index contributed by atoms with van der Waals surface area (Å²) in [5.74, 6) is 0. The number of rotatable bonds is 6. The molecule has 0 aromatic heterocycles. The van der Waals surface area contributed by atoms with Gasteiger partial charge in [0.2, 0.25) is 0 Å². The number of nitrogens with one attached hydrogen (secondary N) is 1. The Morgan fingerprint density at radius 1 is 1.33 bits per heavy atom. The van der Waals surface area contributed by atoms with E-state index in [1.54, 1.807) is 6.92 Å². The maximum Gasteiger partial charge on any atom is 0.410 e. The standard InChI is InChI=1S/C13H28N2O3/c1-10(2)14-7-8-15(9-11(3)16)12(17)18-13(4,5)6/h10-11,14,16H,7-9H2,1-6H3. The highest BCUT2D eigenvalue weighted by molar-refractivity contribution is 5.68. The molecular formula is C13H28N2O3. The van der Waals surface area contributed by atoms with Crippen molar-refractivity contribution in [3.8, 4) is 0 Å². The molecule has 18 heavy (non-hydrogen) atoms. The van der Waals surface area contributed by atoms with E-state index in [0.717, 1.165) is 0 Å². The summed E-state index contributed by atoms with van der Waals surface area (Å²) in [4.78, 5) is 13.5. The van der Waals surface area contributed by atoms with Crippen molar-refractivity contribution in [2.45, 2.75) is 59.3 Å². The molecule has 5 nitrogen and oxygen atoms in total. The molecule has 1 unspecified atom stereocenters. The summed E-state index contributed by atoms with van der Waals surface area (Å²) < 4.78 is 5.31. The predicted molar refractivity (Wildman–Crippen MR) is 72.6 cm³/mol. The molecule has 0 aliphatic rings. The second-order valence-electron chi connectivity index (χ2n) is 5.88. The third kappa shape index (κ3) is 9.24. The Morgan fingerprint density at radius 3 is 2.28 bits per heavy atom. The molecule has 0 aliphatic carbocycles. The van der Waals surface area contributed by atoms with Gasteiger partial charge in [-0.3, -0.25) is 0 Å². The molecular weight excluding hydrogens is 232 g/mol. The Labute approximate surface area is 110 Å². The van der Waals surface area contributed by atoms with E-state index >= 15 is 0 Å². The first-order chi connectivity index (χ1) is 8.11. The maximum absolute atomic E-state index is 11.9. The fourth-order valence-electron chi connectivity index (χ4n) is 1.39. The first-order valence-electron chi connectivity index (χ1n) is 6.51. The van der Waals surface area contributed by atoms with Crippen molar-refractivity contribution in [1.29, 1.82) is 0 Å². The zero-order valence-electron chi connectivity index (χ0n) is 12.5. The van der Waals surface area contributed by atoms with E-state index in [2.05, 4.69) is 5.32 Å². The predicted octanol–water partition coefficient (Wildman–Crippen LogP) is 1.60. The molecule has 108 valence electrons. The molecule has 2 N–H and O–H groups in total. The lowest BCUT2D eigenvalue weighted by Gasteiger charge is -2.28. The summed E-state index contributed by atoms with van der Waals surface area (Å²) >= 11 is 0. The number of carbonyl (C=O) groups is 1. The van der Waals surface area contributed by atoms with Crippen molar-refractivity contribution in [2.75, 3.05) is 19.6 Å². The van der Waals surface area contributed by atoms with Crippen LogP contribution in [0.4, 0.5) is 4.79 Å². The number of carbonyl (C=O) groups excluding carboxylic acids is 1. The van der Waals surface area contributed by atoms with E-state index in [1.807, 2.05) is 34.6 Å². The lowest BCUT2D eigenvalue weighted by atomic mass is 10.2.